The summed E-state index contributed by atoms with van der Waals surface area (Å²) in [6.07, 6.45) is 12.4. The molecule has 0 heterocycles. The van der Waals surface area contributed by atoms with Crippen molar-refractivity contribution in [2.45, 2.75) is 117 Å². The fourth-order valence-corrected chi connectivity index (χ4v) is 4.02. The molecule has 152 valence electrons. The molecule has 4 nitrogen and oxygen atoms in total. The molecule has 2 unspecified atom stereocenters. The molecule has 0 aromatic rings. The van der Waals surface area contributed by atoms with Crippen molar-refractivity contribution in [2.24, 2.45) is 11.8 Å². The number of nitrogens with one attached hydrogen (secondary N) is 2. The number of carbonyl (C=O) groups is 2. The maximum atomic E-state index is 12.7. The fourth-order valence-electron chi connectivity index (χ4n) is 4.02. The number of unbranched alkanes of at least 4 members (excludes halogenated alkanes) is 2. The summed E-state index contributed by atoms with van der Waals surface area (Å²) in [7, 11) is 0. The van der Waals surface area contributed by atoms with E-state index in [1.807, 2.05) is 0 Å². The Morgan fingerprint density at radius 2 is 1.15 bits per heavy atom. The lowest BCUT2D eigenvalue weighted by Gasteiger charge is -2.34. The second kappa shape index (κ2) is 13.2. The molecule has 0 spiro atoms. The molecular weight excluding hydrogens is 324 g/mol. The van der Waals surface area contributed by atoms with Crippen LogP contribution in [-0.4, -0.2) is 23.9 Å². The first-order chi connectivity index (χ1) is 12.6. The highest BCUT2D eigenvalue weighted by Gasteiger charge is 2.30. The van der Waals surface area contributed by atoms with Crippen LogP contribution in [0.3, 0.4) is 0 Å². The zero-order valence-corrected chi connectivity index (χ0v) is 17.6. The lowest BCUT2D eigenvalue weighted by atomic mass is 9.88. The van der Waals surface area contributed by atoms with Crippen molar-refractivity contribution in [1.82, 2.24) is 10.6 Å². The van der Waals surface area contributed by atoms with E-state index in [4.69, 9.17) is 0 Å². The monoisotopic (exact) mass is 366 g/mol. The molecule has 0 saturated heterocycles. The molecule has 1 rings (SSSR count). The van der Waals surface area contributed by atoms with E-state index in [0.717, 1.165) is 77.0 Å². The summed E-state index contributed by atoms with van der Waals surface area (Å²) in [6, 6.07) is 0.194. The number of amides is 2. The van der Waals surface area contributed by atoms with Gasteiger partial charge in [0.2, 0.25) is 11.8 Å². The summed E-state index contributed by atoms with van der Waals surface area (Å²) in [5.41, 5.74) is 0. The molecule has 1 saturated carbocycles. The van der Waals surface area contributed by atoms with Crippen molar-refractivity contribution in [1.29, 1.82) is 0 Å². The Morgan fingerprint density at radius 1 is 0.769 bits per heavy atom. The number of carbonyl (C=O) groups excluding carboxylic acids is 2. The van der Waals surface area contributed by atoms with Gasteiger partial charge in [-0.1, -0.05) is 66.2 Å². The zero-order chi connectivity index (χ0) is 19.4. The van der Waals surface area contributed by atoms with Gasteiger partial charge in [-0.25, -0.2) is 0 Å². The molecule has 2 amide bonds. The number of hydrogen-bond acceptors (Lipinski definition) is 2. The summed E-state index contributed by atoms with van der Waals surface area (Å²) in [5, 5.41) is 6.56. The van der Waals surface area contributed by atoms with Gasteiger partial charge in [-0.15, -0.1) is 0 Å². The molecular formula is C22H42N2O2. The van der Waals surface area contributed by atoms with E-state index in [2.05, 4.69) is 38.3 Å². The van der Waals surface area contributed by atoms with E-state index in [1.165, 1.54) is 0 Å². The maximum absolute atomic E-state index is 12.7. The van der Waals surface area contributed by atoms with Crippen LogP contribution in [-0.2, 0) is 9.59 Å². The second-order valence-electron chi connectivity index (χ2n) is 8.01. The molecule has 2 N–H and O–H groups in total. The Morgan fingerprint density at radius 3 is 1.46 bits per heavy atom. The van der Waals surface area contributed by atoms with Crippen LogP contribution in [0.25, 0.3) is 0 Å². The third-order valence-electron chi connectivity index (χ3n) is 5.96. The molecule has 0 radical (unpaired) electrons. The SMILES string of the molecule is CCCCC(CC)C(=O)N[C@@H]1CCCC[C@H]1NC(=O)C(CC)CCCC. The van der Waals surface area contributed by atoms with Crippen LogP contribution < -0.4 is 10.6 Å². The summed E-state index contributed by atoms with van der Waals surface area (Å²) >= 11 is 0. The zero-order valence-electron chi connectivity index (χ0n) is 17.6. The van der Waals surface area contributed by atoms with Gasteiger partial charge in [0.05, 0.1) is 0 Å². The summed E-state index contributed by atoms with van der Waals surface area (Å²) in [4.78, 5) is 25.4. The molecule has 0 bridgehead atoms. The Kier molecular flexibility index (Phi) is 11.6. The van der Waals surface area contributed by atoms with E-state index in [1.54, 1.807) is 0 Å². The van der Waals surface area contributed by atoms with Crippen LogP contribution >= 0.6 is 0 Å². The Bertz CT molecular complexity index is 373. The van der Waals surface area contributed by atoms with Gasteiger partial charge in [0.15, 0.2) is 0 Å². The second-order valence-corrected chi connectivity index (χ2v) is 8.01. The molecule has 1 aliphatic rings. The molecule has 1 aliphatic carbocycles. The van der Waals surface area contributed by atoms with Crippen molar-refractivity contribution >= 4 is 11.8 Å². The van der Waals surface area contributed by atoms with Gasteiger partial charge >= 0.3 is 0 Å². The Labute approximate surface area is 161 Å². The van der Waals surface area contributed by atoms with Crippen LogP contribution in [0.5, 0.6) is 0 Å². The van der Waals surface area contributed by atoms with Crippen LogP contribution in [0.15, 0.2) is 0 Å². The van der Waals surface area contributed by atoms with E-state index >= 15 is 0 Å². The van der Waals surface area contributed by atoms with Crippen molar-refractivity contribution in [3.8, 4) is 0 Å². The highest BCUT2D eigenvalue weighted by molar-refractivity contribution is 5.80. The van der Waals surface area contributed by atoms with Crippen molar-refractivity contribution < 1.29 is 9.59 Å². The standard InChI is InChI=1S/C22H42N2O2/c1-5-9-13-17(7-3)21(25)23-19-15-11-12-16-20(19)24-22(26)18(8-4)14-10-6-2/h17-20H,5-16H2,1-4H3,(H,23,25)(H,24,26)/t17?,18?,19-,20-/m1/s1. The predicted octanol–water partition coefficient (Wildman–Crippen LogP) is 4.96. The van der Waals surface area contributed by atoms with Crippen LogP contribution in [0.1, 0.15) is 105 Å². The Balaban J connectivity index is 2.62. The summed E-state index contributed by atoms with van der Waals surface area (Å²) in [5.74, 6) is 0.595. The minimum absolute atomic E-state index is 0.0968. The Hall–Kier alpha value is -1.06. The van der Waals surface area contributed by atoms with Gasteiger partial charge in [-0.3, -0.25) is 9.59 Å². The first-order valence-corrected chi connectivity index (χ1v) is 11.2. The van der Waals surface area contributed by atoms with Gasteiger partial charge < -0.3 is 10.6 Å². The smallest absolute Gasteiger partial charge is 0.223 e. The van der Waals surface area contributed by atoms with Gasteiger partial charge in [0.1, 0.15) is 0 Å². The van der Waals surface area contributed by atoms with E-state index in [0.29, 0.717) is 0 Å². The summed E-state index contributed by atoms with van der Waals surface area (Å²) < 4.78 is 0. The quantitative estimate of drug-likeness (QED) is 0.513. The third kappa shape index (κ3) is 7.67. The summed E-state index contributed by atoms with van der Waals surface area (Å²) in [6.45, 7) is 8.53. The van der Waals surface area contributed by atoms with Crippen LogP contribution in [0, 0.1) is 11.8 Å². The largest absolute Gasteiger partial charge is 0.351 e. The van der Waals surface area contributed by atoms with Crippen molar-refractivity contribution in [3.05, 3.63) is 0 Å². The van der Waals surface area contributed by atoms with Gasteiger partial charge in [0.25, 0.3) is 0 Å². The molecule has 0 aromatic heterocycles. The lowest BCUT2D eigenvalue weighted by Crippen LogP contribution is -2.55. The molecule has 4 atom stereocenters. The fraction of sp³-hybridized carbons (Fsp3) is 0.909. The topological polar surface area (TPSA) is 58.2 Å². The van der Waals surface area contributed by atoms with Gasteiger partial charge in [-0.2, -0.15) is 0 Å². The minimum atomic E-state index is 0.0968. The molecule has 0 aliphatic heterocycles. The molecule has 1 fully saturated rings. The van der Waals surface area contributed by atoms with E-state index < -0.39 is 0 Å². The number of hydrogen-bond donors (Lipinski definition) is 2. The van der Waals surface area contributed by atoms with E-state index in [9.17, 15) is 9.59 Å². The molecule has 0 aromatic carbocycles. The molecule has 26 heavy (non-hydrogen) atoms. The van der Waals surface area contributed by atoms with Crippen LogP contribution in [0.2, 0.25) is 0 Å². The lowest BCUT2D eigenvalue weighted by molar-refractivity contribution is -0.129. The van der Waals surface area contributed by atoms with Crippen molar-refractivity contribution in [3.63, 3.8) is 0 Å². The average molecular weight is 367 g/mol. The minimum Gasteiger partial charge on any atom is -0.351 e. The predicted molar refractivity (Wildman–Crippen MR) is 109 cm³/mol. The van der Waals surface area contributed by atoms with Crippen molar-refractivity contribution in [2.75, 3.05) is 0 Å². The first kappa shape index (κ1) is 23.0. The van der Waals surface area contributed by atoms with Gasteiger partial charge in [-0.05, 0) is 38.5 Å². The first-order valence-electron chi connectivity index (χ1n) is 11.2. The maximum Gasteiger partial charge on any atom is 0.223 e. The van der Waals surface area contributed by atoms with Crippen LogP contribution in [0.4, 0.5) is 0 Å². The average Bonchev–Trinajstić information content (AvgIpc) is 2.64. The van der Waals surface area contributed by atoms with Gasteiger partial charge in [0, 0.05) is 23.9 Å². The number of rotatable bonds is 12. The highest BCUT2D eigenvalue weighted by atomic mass is 16.2. The highest BCUT2D eigenvalue weighted by Crippen LogP contribution is 2.22. The molecule has 4 heteroatoms. The normalized spacial score (nSPS) is 22.5. The third-order valence-corrected chi connectivity index (χ3v) is 5.96. The van der Waals surface area contributed by atoms with E-state index in [-0.39, 0.29) is 35.7 Å².